The number of para-hydroxylation sites is 1. The summed E-state index contributed by atoms with van der Waals surface area (Å²) in [6.45, 7) is 0.588. The van der Waals surface area contributed by atoms with Crippen LogP contribution in [-0.2, 0) is 24.7 Å². The molecule has 0 bridgehead atoms. The van der Waals surface area contributed by atoms with E-state index in [1.807, 2.05) is 54.1 Å². The summed E-state index contributed by atoms with van der Waals surface area (Å²) in [4.78, 5) is 16.5. The van der Waals surface area contributed by atoms with Crippen molar-refractivity contribution in [2.45, 2.75) is 12.8 Å². The van der Waals surface area contributed by atoms with E-state index < -0.39 is 0 Å². The molecule has 1 N–H and O–H groups in total. The van der Waals surface area contributed by atoms with Gasteiger partial charge in [0.15, 0.2) is 0 Å². The maximum atomic E-state index is 12.1. The Labute approximate surface area is 141 Å². The first-order valence-corrected chi connectivity index (χ1v) is 7.96. The summed E-state index contributed by atoms with van der Waals surface area (Å²) in [6.07, 6.45) is 2.88. The number of amides is 1. The molecule has 1 amide bonds. The molecule has 0 fully saturated rings. The largest absolute Gasteiger partial charge is 0.496 e. The van der Waals surface area contributed by atoms with Crippen molar-refractivity contribution in [3.63, 3.8) is 0 Å². The fourth-order valence-electron chi connectivity index (χ4n) is 2.79. The van der Waals surface area contributed by atoms with Crippen LogP contribution in [0.15, 0.2) is 48.8 Å². The van der Waals surface area contributed by atoms with Gasteiger partial charge in [0.2, 0.25) is 5.91 Å². The van der Waals surface area contributed by atoms with E-state index in [-0.39, 0.29) is 5.91 Å². The van der Waals surface area contributed by atoms with Gasteiger partial charge in [0.25, 0.3) is 0 Å². The van der Waals surface area contributed by atoms with E-state index in [4.69, 9.17) is 4.74 Å². The lowest BCUT2D eigenvalue weighted by atomic mass is 10.1. The molecule has 0 aliphatic rings. The van der Waals surface area contributed by atoms with Crippen molar-refractivity contribution in [1.29, 1.82) is 0 Å². The first-order valence-electron chi connectivity index (χ1n) is 7.96. The molecule has 0 unspecified atom stereocenters. The summed E-state index contributed by atoms with van der Waals surface area (Å²) in [5.41, 5.74) is 4.04. The molecule has 3 aromatic rings. The summed E-state index contributed by atoms with van der Waals surface area (Å²) in [5, 5.41) is 2.96. The Bertz CT molecular complexity index is 855. The minimum absolute atomic E-state index is 0.0141. The molecule has 124 valence electrons. The normalized spacial score (nSPS) is 10.8. The number of carbonyl (C=O) groups excluding carboxylic acids is 1. The Morgan fingerprint density at radius 3 is 2.92 bits per heavy atom. The van der Waals surface area contributed by atoms with Crippen LogP contribution < -0.4 is 10.1 Å². The molecule has 0 spiro atoms. The summed E-state index contributed by atoms with van der Waals surface area (Å²) in [7, 11) is 3.62. The molecule has 5 heteroatoms. The van der Waals surface area contributed by atoms with Crippen LogP contribution in [0.25, 0.3) is 11.0 Å². The second-order valence-corrected chi connectivity index (χ2v) is 5.77. The van der Waals surface area contributed by atoms with Crippen molar-refractivity contribution in [3.05, 3.63) is 59.9 Å². The Morgan fingerprint density at radius 1 is 1.25 bits per heavy atom. The van der Waals surface area contributed by atoms with Crippen LogP contribution in [0.2, 0.25) is 0 Å². The summed E-state index contributed by atoms with van der Waals surface area (Å²) >= 11 is 0. The average molecular weight is 323 g/mol. The first kappa shape index (κ1) is 16.1. The van der Waals surface area contributed by atoms with Gasteiger partial charge in [-0.2, -0.15) is 0 Å². The van der Waals surface area contributed by atoms with E-state index in [1.165, 1.54) is 0 Å². The lowest BCUT2D eigenvalue weighted by molar-refractivity contribution is -0.120. The first-order chi connectivity index (χ1) is 11.7. The second-order valence-electron chi connectivity index (χ2n) is 5.77. The highest BCUT2D eigenvalue weighted by molar-refractivity contribution is 5.81. The van der Waals surface area contributed by atoms with E-state index in [1.54, 1.807) is 13.4 Å². The smallest absolute Gasteiger partial charge is 0.224 e. The van der Waals surface area contributed by atoms with Gasteiger partial charge >= 0.3 is 0 Å². The number of nitrogens with one attached hydrogen (secondary N) is 1. The molecular formula is C19H21N3O2. The highest BCUT2D eigenvalue weighted by Gasteiger charge is 2.07. The molecule has 0 aliphatic heterocycles. The van der Waals surface area contributed by atoms with Gasteiger partial charge in [0.1, 0.15) is 5.75 Å². The number of rotatable bonds is 6. The highest BCUT2D eigenvalue weighted by Crippen LogP contribution is 2.17. The molecule has 2 aromatic carbocycles. The van der Waals surface area contributed by atoms with Crippen molar-refractivity contribution < 1.29 is 9.53 Å². The molecule has 24 heavy (non-hydrogen) atoms. The average Bonchev–Trinajstić information content (AvgIpc) is 2.96. The van der Waals surface area contributed by atoms with Crippen LogP contribution in [0.1, 0.15) is 11.1 Å². The number of methoxy groups -OCH3 is 1. The third-order valence-electron chi connectivity index (χ3n) is 4.06. The van der Waals surface area contributed by atoms with Gasteiger partial charge in [-0.1, -0.05) is 24.3 Å². The van der Waals surface area contributed by atoms with Crippen LogP contribution in [-0.4, -0.2) is 29.1 Å². The highest BCUT2D eigenvalue weighted by atomic mass is 16.5. The van der Waals surface area contributed by atoms with Gasteiger partial charge in [-0.25, -0.2) is 4.98 Å². The zero-order valence-electron chi connectivity index (χ0n) is 14.0. The predicted molar refractivity (Wildman–Crippen MR) is 94.1 cm³/mol. The van der Waals surface area contributed by atoms with Crippen LogP contribution in [0.4, 0.5) is 0 Å². The number of hydrogen-bond donors (Lipinski definition) is 1. The third-order valence-corrected chi connectivity index (χ3v) is 4.06. The fourth-order valence-corrected chi connectivity index (χ4v) is 2.79. The predicted octanol–water partition coefficient (Wildman–Crippen LogP) is 2.48. The number of benzene rings is 2. The molecule has 0 radical (unpaired) electrons. The maximum Gasteiger partial charge on any atom is 0.224 e. The van der Waals surface area contributed by atoms with Crippen molar-refractivity contribution in [1.82, 2.24) is 14.9 Å². The molecule has 1 heterocycles. The second kappa shape index (κ2) is 7.17. The quantitative estimate of drug-likeness (QED) is 0.758. The van der Waals surface area contributed by atoms with E-state index in [0.717, 1.165) is 34.3 Å². The number of carbonyl (C=O) groups is 1. The van der Waals surface area contributed by atoms with Crippen LogP contribution >= 0.6 is 0 Å². The van der Waals surface area contributed by atoms with Crippen LogP contribution in [0.3, 0.4) is 0 Å². The molecule has 1 aromatic heterocycles. The lowest BCUT2D eigenvalue weighted by Crippen LogP contribution is -2.27. The standard InChI is InChI=1S/C19H21N3O2/c1-22-13-21-16-11-14(7-8-17(16)22)12-19(23)20-10-9-15-5-3-4-6-18(15)24-2/h3-8,11,13H,9-10,12H2,1-2H3,(H,20,23). The fraction of sp³-hybridized carbons (Fsp3) is 0.263. The van der Waals surface area contributed by atoms with Gasteiger partial charge in [0.05, 0.1) is 30.9 Å². The van der Waals surface area contributed by atoms with Gasteiger partial charge in [-0.05, 0) is 35.7 Å². The summed E-state index contributed by atoms with van der Waals surface area (Å²) < 4.78 is 7.28. The molecule has 3 rings (SSSR count). The third kappa shape index (κ3) is 3.56. The Hall–Kier alpha value is -2.82. The lowest BCUT2D eigenvalue weighted by Gasteiger charge is -2.09. The molecule has 0 aliphatic carbocycles. The Kier molecular flexibility index (Phi) is 4.79. The number of nitrogens with zero attached hydrogens (tertiary/aromatic N) is 2. The molecule has 0 atom stereocenters. The van der Waals surface area contributed by atoms with Gasteiger partial charge in [-0.15, -0.1) is 0 Å². The minimum Gasteiger partial charge on any atom is -0.496 e. The van der Waals surface area contributed by atoms with E-state index in [9.17, 15) is 4.79 Å². The molecule has 0 saturated carbocycles. The zero-order valence-corrected chi connectivity index (χ0v) is 14.0. The summed E-state index contributed by atoms with van der Waals surface area (Å²) in [5.74, 6) is 0.868. The maximum absolute atomic E-state index is 12.1. The van der Waals surface area contributed by atoms with Crippen LogP contribution in [0, 0.1) is 0 Å². The van der Waals surface area contributed by atoms with Gasteiger partial charge in [-0.3, -0.25) is 4.79 Å². The Morgan fingerprint density at radius 2 is 2.08 bits per heavy atom. The number of aromatic nitrogens is 2. The van der Waals surface area contributed by atoms with Crippen molar-refractivity contribution in [2.24, 2.45) is 7.05 Å². The monoisotopic (exact) mass is 323 g/mol. The number of ether oxygens (including phenoxy) is 1. The molecular weight excluding hydrogens is 302 g/mol. The minimum atomic E-state index is 0.0141. The van der Waals surface area contributed by atoms with Gasteiger partial charge < -0.3 is 14.6 Å². The van der Waals surface area contributed by atoms with Crippen molar-refractivity contribution in [2.75, 3.05) is 13.7 Å². The molecule has 0 saturated heterocycles. The van der Waals surface area contributed by atoms with Crippen molar-refractivity contribution in [3.8, 4) is 5.75 Å². The number of hydrogen-bond acceptors (Lipinski definition) is 3. The molecule has 5 nitrogen and oxygen atoms in total. The Balaban J connectivity index is 1.55. The van der Waals surface area contributed by atoms with Crippen molar-refractivity contribution >= 4 is 16.9 Å². The van der Waals surface area contributed by atoms with E-state index in [0.29, 0.717) is 13.0 Å². The van der Waals surface area contributed by atoms with Gasteiger partial charge in [0, 0.05) is 13.6 Å². The zero-order chi connectivity index (χ0) is 16.9. The van der Waals surface area contributed by atoms with Crippen LogP contribution in [0.5, 0.6) is 5.75 Å². The summed E-state index contributed by atoms with van der Waals surface area (Å²) in [6, 6.07) is 13.8. The number of aryl methyl sites for hydroxylation is 1. The number of imidazole rings is 1. The number of fused-ring (bicyclic) bond motifs is 1. The SMILES string of the molecule is COc1ccccc1CCNC(=O)Cc1ccc2c(c1)ncn2C. The van der Waals surface area contributed by atoms with E-state index >= 15 is 0 Å². The van der Waals surface area contributed by atoms with E-state index in [2.05, 4.69) is 10.3 Å². The topological polar surface area (TPSA) is 56.1 Å².